The van der Waals surface area contributed by atoms with E-state index in [2.05, 4.69) is 23.2 Å². The van der Waals surface area contributed by atoms with Crippen LogP contribution in [-0.2, 0) is 16.1 Å². The number of benzene rings is 2. The Morgan fingerprint density at radius 1 is 1.24 bits per heavy atom. The maximum atomic E-state index is 11.4. The minimum Gasteiger partial charge on any atom is -0.456 e. The highest BCUT2D eigenvalue weighted by Gasteiger charge is 2.17. The van der Waals surface area contributed by atoms with E-state index in [1.165, 1.54) is 6.92 Å². The van der Waals surface area contributed by atoms with Crippen molar-refractivity contribution in [2.45, 2.75) is 19.6 Å². The van der Waals surface area contributed by atoms with Gasteiger partial charge in [-0.3, -0.25) is 4.79 Å². The summed E-state index contributed by atoms with van der Waals surface area (Å²) >= 11 is 0. The maximum Gasteiger partial charge on any atom is 0.303 e. The highest BCUT2D eigenvalue weighted by atomic mass is 16.5. The van der Waals surface area contributed by atoms with Crippen LogP contribution in [0.25, 0.3) is 10.8 Å². The van der Waals surface area contributed by atoms with Crippen molar-refractivity contribution in [1.82, 2.24) is 9.55 Å². The molecule has 0 aliphatic rings. The molecule has 0 radical (unpaired) electrons. The van der Waals surface area contributed by atoms with Crippen LogP contribution in [0.2, 0.25) is 0 Å². The Morgan fingerprint density at radius 2 is 2.05 bits per heavy atom. The van der Waals surface area contributed by atoms with Crippen LogP contribution in [0.5, 0.6) is 0 Å². The Bertz CT molecular complexity index is 745. The Labute approximate surface area is 123 Å². The van der Waals surface area contributed by atoms with Crippen molar-refractivity contribution in [3.05, 3.63) is 66.7 Å². The van der Waals surface area contributed by atoms with Gasteiger partial charge in [-0.1, -0.05) is 42.5 Å². The van der Waals surface area contributed by atoms with E-state index >= 15 is 0 Å². The zero-order valence-electron chi connectivity index (χ0n) is 11.8. The maximum absolute atomic E-state index is 11.4. The van der Waals surface area contributed by atoms with E-state index in [1.54, 1.807) is 12.5 Å². The third kappa shape index (κ3) is 2.94. The second kappa shape index (κ2) is 5.79. The monoisotopic (exact) mass is 280 g/mol. The molecule has 0 saturated carbocycles. The fourth-order valence-corrected chi connectivity index (χ4v) is 2.52. The topological polar surface area (TPSA) is 44.1 Å². The molecule has 0 aliphatic carbocycles. The molecule has 1 heterocycles. The van der Waals surface area contributed by atoms with Gasteiger partial charge < -0.3 is 9.30 Å². The normalized spacial score (nSPS) is 12.2. The Hall–Kier alpha value is -2.62. The van der Waals surface area contributed by atoms with E-state index < -0.39 is 0 Å². The number of aromatic nitrogens is 2. The Morgan fingerprint density at radius 3 is 2.81 bits per heavy atom. The van der Waals surface area contributed by atoms with Gasteiger partial charge in [0.05, 0.1) is 12.9 Å². The summed E-state index contributed by atoms with van der Waals surface area (Å²) < 4.78 is 7.44. The predicted octanol–water partition coefficient (Wildman–Crippen LogP) is 3.34. The molecule has 1 aromatic heterocycles. The summed E-state index contributed by atoms with van der Waals surface area (Å²) in [6.07, 6.45) is 4.97. The number of carbonyl (C=O) groups is 1. The van der Waals surface area contributed by atoms with E-state index in [0.29, 0.717) is 6.54 Å². The summed E-state index contributed by atoms with van der Waals surface area (Å²) in [5.74, 6) is -0.284. The van der Waals surface area contributed by atoms with E-state index in [0.717, 1.165) is 16.3 Å². The minimum absolute atomic E-state index is 0.284. The van der Waals surface area contributed by atoms with Gasteiger partial charge in [0.15, 0.2) is 0 Å². The van der Waals surface area contributed by atoms with Crippen molar-refractivity contribution in [3.63, 3.8) is 0 Å². The number of hydrogen-bond acceptors (Lipinski definition) is 3. The van der Waals surface area contributed by atoms with Gasteiger partial charge in [0, 0.05) is 24.9 Å². The summed E-state index contributed by atoms with van der Waals surface area (Å²) in [5, 5.41) is 2.24. The number of esters is 1. The quantitative estimate of drug-likeness (QED) is 0.688. The molecule has 0 N–H and O–H groups in total. The van der Waals surface area contributed by atoms with Crippen molar-refractivity contribution in [1.29, 1.82) is 0 Å². The summed E-state index contributed by atoms with van der Waals surface area (Å²) in [6, 6.07) is 14.2. The van der Waals surface area contributed by atoms with Crippen LogP contribution < -0.4 is 0 Å². The molecule has 1 atom stereocenters. The highest BCUT2D eigenvalue weighted by Crippen LogP contribution is 2.28. The molecule has 106 valence electrons. The lowest BCUT2D eigenvalue weighted by Gasteiger charge is -2.19. The van der Waals surface area contributed by atoms with E-state index in [9.17, 15) is 4.79 Å². The molecule has 0 aliphatic heterocycles. The van der Waals surface area contributed by atoms with E-state index in [4.69, 9.17) is 4.74 Å². The van der Waals surface area contributed by atoms with E-state index in [-0.39, 0.29) is 12.1 Å². The fraction of sp³-hybridized carbons (Fsp3) is 0.176. The Kier molecular flexibility index (Phi) is 3.69. The third-order valence-electron chi connectivity index (χ3n) is 3.41. The van der Waals surface area contributed by atoms with Crippen LogP contribution >= 0.6 is 0 Å². The molecule has 0 saturated heterocycles. The molecule has 1 unspecified atom stereocenters. The molecule has 4 nitrogen and oxygen atoms in total. The molecule has 3 aromatic rings. The molecule has 0 spiro atoms. The number of imidazole rings is 1. The lowest BCUT2D eigenvalue weighted by molar-refractivity contribution is -0.147. The third-order valence-corrected chi connectivity index (χ3v) is 3.41. The molecular weight excluding hydrogens is 264 g/mol. The molecule has 0 amide bonds. The predicted molar refractivity (Wildman–Crippen MR) is 80.7 cm³/mol. The first-order valence-corrected chi connectivity index (χ1v) is 6.84. The fourth-order valence-electron chi connectivity index (χ4n) is 2.52. The number of fused-ring (bicyclic) bond motifs is 1. The molecule has 2 aromatic carbocycles. The molecule has 4 heteroatoms. The summed E-state index contributed by atoms with van der Waals surface area (Å²) in [7, 11) is 0. The van der Waals surface area contributed by atoms with Crippen molar-refractivity contribution in [2.24, 2.45) is 0 Å². The zero-order valence-corrected chi connectivity index (χ0v) is 11.8. The first-order valence-electron chi connectivity index (χ1n) is 6.84. The zero-order chi connectivity index (χ0) is 14.7. The number of rotatable bonds is 4. The summed E-state index contributed by atoms with van der Waals surface area (Å²) in [6.45, 7) is 1.99. The minimum atomic E-state index is -0.331. The van der Waals surface area contributed by atoms with Crippen molar-refractivity contribution >= 4 is 16.7 Å². The lowest BCUT2D eigenvalue weighted by atomic mass is 10.00. The first kappa shape index (κ1) is 13.4. The van der Waals surface area contributed by atoms with Crippen LogP contribution in [0, 0.1) is 0 Å². The molecule has 3 rings (SSSR count). The second-order valence-electron chi connectivity index (χ2n) is 4.93. The number of ether oxygens (including phenoxy) is 1. The summed E-state index contributed by atoms with van der Waals surface area (Å²) in [4.78, 5) is 15.5. The number of nitrogens with zero attached hydrogens (tertiary/aromatic N) is 2. The molecular formula is C17H16N2O2. The van der Waals surface area contributed by atoms with Gasteiger partial charge in [0.1, 0.15) is 6.10 Å². The Balaban J connectivity index is 2.03. The van der Waals surface area contributed by atoms with Crippen LogP contribution in [-0.4, -0.2) is 15.5 Å². The number of carbonyl (C=O) groups excluding carboxylic acids is 1. The van der Waals surface area contributed by atoms with Crippen molar-refractivity contribution < 1.29 is 9.53 Å². The average molecular weight is 280 g/mol. The largest absolute Gasteiger partial charge is 0.456 e. The van der Waals surface area contributed by atoms with Gasteiger partial charge in [-0.25, -0.2) is 4.98 Å². The first-order chi connectivity index (χ1) is 10.2. The van der Waals surface area contributed by atoms with Gasteiger partial charge in [-0.2, -0.15) is 0 Å². The summed E-state index contributed by atoms with van der Waals surface area (Å²) in [5.41, 5.74) is 1.01. The van der Waals surface area contributed by atoms with Crippen LogP contribution in [0.1, 0.15) is 18.6 Å². The standard InChI is InChI=1S/C17H16N2O2/c1-13(20)21-17(11-19-10-9-18-12-19)16-8-4-6-14-5-2-3-7-15(14)16/h2-10,12,17H,11H2,1H3. The lowest BCUT2D eigenvalue weighted by Crippen LogP contribution is -2.15. The van der Waals surface area contributed by atoms with Crippen molar-refractivity contribution in [3.8, 4) is 0 Å². The van der Waals surface area contributed by atoms with Gasteiger partial charge in [-0.05, 0) is 10.8 Å². The highest BCUT2D eigenvalue weighted by molar-refractivity contribution is 5.86. The molecule has 21 heavy (non-hydrogen) atoms. The van der Waals surface area contributed by atoms with Gasteiger partial charge in [0.2, 0.25) is 0 Å². The van der Waals surface area contributed by atoms with Gasteiger partial charge in [0.25, 0.3) is 0 Å². The van der Waals surface area contributed by atoms with E-state index in [1.807, 2.05) is 35.0 Å². The molecule has 0 fully saturated rings. The second-order valence-corrected chi connectivity index (χ2v) is 4.93. The smallest absolute Gasteiger partial charge is 0.303 e. The van der Waals surface area contributed by atoms with Crippen LogP contribution in [0.4, 0.5) is 0 Å². The average Bonchev–Trinajstić information content (AvgIpc) is 2.98. The van der Waals surface area contributed by atoms with Crippen LogP contribution in [0.15, 0.2) is 61.2 Å². The van der Waals surface area contributed by atoms with Gasteiger partial charge >= 0.3 is 5.97 Å². The SMILES string of the molecule is CC(=O)OC(Cn1ccnc1)c1cccc2ccccc12. The van der Waals surface area contributed by atoms with Crippen molar-refractivity contribution in [2.75, 3.05) is 0 Å². The molecule has 0 bridgehead atoms. The number of hydrogen-bond donors (Lipinski definition) is 0. The van der Waals surface area contributed by atoms with Crippen LogP contribution in [0.3, 0.4) is 0 Å². The van der Waals surface area contributed by atoms with Gasteiger partial charge in [-0.15, -0.1) is 0 Å².